The molecular weight excluding hydrogens is 213 g/mol. The Morgan fingerprint density at radius 3 is 2.79 bits per heavy atom. The fraction of sp³-hybridized carbons (Fsp3) is 0.167. The van der Waals surface area contributed by atoms with Crippen LogP contribution in [0.3, 0.4) is 0 Å². The Morgan fingerprint density at radius 2 is 2.29 bits per heavy atom. The lowest BCUT2D eigenvalue weighted by atomic mass is 10.5. The third kappa shape index (κ3) is 2.63. The lowest BCUT2D eigenvalue weighted by molar-refractivity contribution is 0.473. The number of nitriles is 1. The van der Waals surface area contributed by atoms with E-state index >= 15 is 0 Å². The average molecular weight is 217 g/mol. The summed E-state index contributed by atoms with van der Waals surface area (Å²) in [7, 11) is -3.80. The minimum Gasteiger partial charge on any atom is -0.359 e. The second kappa shape index (κ2) is 3.55. The zero-order valence-corrected chi connectivity index (χ0v) is 7.75. The maximum absolute atomic E-state index is 12.4. The van der Waals surface area contributed by atoms with Crippen LogP contribution in [0.4, 0.5) is 4.39 Å². The van der Waals surface area contributed by atoms with Crippen molar-refractivity contribution in [3.63, 3.8) is 0 Å². The third-order valence-electron chi connectivity index (χ3n) is 1.05. The summed E-state index contributed by atoms with van der Waals surface area (Å²) in [5, 5.41) is 8.45. The molecule has 0 N–H and O–H groups in total. The Kier molecular flexibility index (Phi) is 2.62. The van der Waals surface area contributed by atoms with Crippen molar-refractivity contribution in [2.24, 2.45) is 0 Å². The van der Waals surface area contributed by atoms with Gasteiger partial charge in [-0.25, -0.2) is 9.97 Å². The Morgan fingerprint density at radius 1 is 1.64 bits per heavy atom. The van der Waals surface area contributed by atoms with Gasteiger partial charge in [0.25, 0.3) is 5.88 Å². The number of hydrogen-bond donors (Lipinski definition) is 0. The van der Waals surface area contributed by atoms with Gasteiger partial charge < -0.3 is 4.18 Å². The lowest BCUT2D eigenvalue weighted by Gasteiger charge is -2.01. The van der Waals surface area contributed by atoms with Gasteiger partial charge in [0.15, 0.2) is 0 Å². The van der Waals surface area contributed by atoms with Crippen molar-refractivity contribution < 1.29 is 17.0 Å². The van der Waals surface area contributed by atoms with E-state index in [1.807, 2.05) is 0 Å². The molecule has 74 valence electrons. The van der Waals surface area contributed by atoms with E-state index in [1.165, 1.54) is 6.07 Å². The molecule has 0 unspecified atom stereocenters. The van der Waals surface area contributed by atoms with E-state index in [0.717, 1.165) is 6.26 Å². The van der Waals surface area contributed by atoms with Gasteiger partial charge in [-0.3, -0.25) is 0 Å². The molecule has 1 aromatic heterocycles. The molecule has 0 amide bonds. The van der Waals surface area contributed by atoms with E-state index in [1.54, 1.807) is 0 Å². The highest BCUT2D eigenvalue weighted by Gasteiger charge is 2.13. The minimum atomic E-state index is -3.80. The Hall–Kier alpha value is -1.75. The van der Waals surface area contributed by atoms with Crippen LogP contribution in [0, 0.1) is 17.3 Å². The highest BCUT2D eigenvalue weighted by atomic mass is 32.2. The van der Waals surface area contributed by atoms with Crippen LogP contribution in [-0.4, -0.2) is 24.6 Å². The Balaban J connectivity index is 3.17. The molecule has 0 bridgehead atoms. The molecule has 0 aliphatic rings. The molecule has 0 aromatic carbocycles. The molecule has 0 radical (unpaired) electrons. The monoisotopic (exact) mass is 217 g/mol. The van der Waals surface area contributed by atoms with Crippen LogP contribution in [0.5, 0.6) is 5.88 Å². The largest absolute Gasteiger partial charge is 0.359 e. The van der Waals surface area contributed by atoms with E-state index in [-0.39, 0.29) is 0 Å². The molecule has 8 heteroatoms. The topological polar surface area (TPSA) is 92.9 Å². The summed E-state index contributed by atoms with van der Waals surface area (Å²) in [6.07, 6.45) is 1.43. The van der Waals surface area contributed by atoms with E-state index < -0.39 is 27.6 Å². The Bertz CT molecular complexity index is 494. The molecule has 0 aliphatic carbocycles. The zero-order chi connectivity index (χ0) is 10.8. The van der Waals surface area contributed by atoms with Gasteiger partial charge in [-0.2, -0.15) is 18.1 Å². The van der Waals surface area contributed by atoms with Crippen LogP contribution < -0.4 is 4.18 Å². The molecule has 0 atom stereocenters. The molecule has 0 saturated heterocycles. The lowest BCUT2D eigenvalue weighted by Crippen LogP contribution is -2.09. The van der Waals surface area contributed by atoms with Crippen LogP contribution >= 0.6 is 0 Å². The molecule has 1 rings (SSSR count). The van der Waals surface area contributed by atoms with Crippen molar-refractivity contribution in [2.75, 3.05) is 6.26 Å². The van der Waals surface area contributed by atoms with Crippen molar-refractivity contribution in [2.45, 2.75) is 0 Å². The summed E-state index contributed by atoms with van der Waals surface area (Å²) in [6, 6.07) is 1.46. The first-order chi connectivity index (χ1) is 6.42. The molecule has 0 fully saturated rings. The summed E-state index contributed by atoms with van der Waals surface area (Å²) in [5.74, 6) is -1.51. The van der Waals surface area contributed by atoms with Crippen molar-refractivity contribution in [3.05, 3.63) is 17.8 Å². The van der Waals surface area contributed by atoms with Gasteiger partial charge in [-0.05, 0) is 0 Å². The molecule has 14 heavy (non-hydrogen) atoms. The first kappa shape index (κ1) is 10.3. The van der Waals surface area contributed by atoms with Gasteiger partial charge in [-0.1, -0.05) is 0 Å². The predicted molar refractivity (Wildman–Crippen MR) is 42.2 cm³/mol. The van der Waals surface area contributed by atoms with E-state index in [4.69, 9.17) is 5.26 Å². The van der Waals surface area contributed by atoms with Crippen LogP contribution in [-0.2, 0) is 10.1 Å². The number of nitrogens with zero attached hydrogens (tertiary/aromatic N) is 3. The second-order valence-corrected chi connectivity index (χ2v) is 3.82. The fourth-order valence-electron chi connectivity index (χ4n) is 0.634. The third-order valence-corrected chi connectivity index (χ3v) is 1.51. The summed E-state index contributed by atoms with van der Waals surface area (Å²) < 4.78 is 38.0. The number of hydrogen-bond acceptors (Lipinski definition) is 6. The molecule has 6 nitrogen and oxygen atoms in total. The van der Waals surface area contributed by atoms with Gasteiger partial charge in [0.1, 0.15) is 6.07 Å². The maximum Gasteiger partial charge on any atom is 0.307 e. The SMILES string of the molecule is CS(=O)(=O)Oc1ncc(F)nc1C#N. The molecule has 0 saturated carbocycles. The quantitative estimate of drug-likeness (QED) is 0.638. The van der Waals surface area contributed by atoms with Crippen LogP contribution in [0.1, 0.15) is 5.69 Å². The second-order valence-electron chi connectivity index (χ2n) is 2.25. The van der Waals surface area contributed by atoms with Crippen LogP contribution in [0.15, 0.2) is 6.20 Å². The van der Waals surface area contributed by atoms with Gasteiger partial charge in [-0.15, -0.1) is 0 Å². The predicted octanol–water partition coefficient (Wildman–Crippen LogP) is -0.174. The highest BCUT2D eigenvalue weighted by Crippen LogP contribution is 2.12. The van der Waals surface area contributed by atoms with Gasteiger partial charge >= 0.3 is 10.1 Å². The molecular formula is C6H4FN3O3S. The maximum atomic E-state index is 12.4. The molecule has 1 aromatic rings. The zero-order valence-electron chi connectivity index (χ0n) is 6.93. The van der Waals surface area contributed by atoms with Crippen molar-refractivity contribution >= 4 is 10.1 Å². The Labute approximate surface area is 79.1 Å². The smallest absolute Gasteiger partial charge is 0.307 e. The summed E-state index contributed by atoms with van der Waals surface area (Å²) in [6.45, 7) is 0. The van der Waals surface area contributed by atoms with Crippen molar-refractivity contribution in [1.29, 1.82) is 5.26 Å². The van der Waals surface area contributed by atoms with Crippen LogP contribution in [0.25, 0.3) is 0 Å². The van der Waals surface area contributed by atoms with Crippen molar-refractivity contribution in [3.8, 4) is 11.9 Å². The first-order valence-electron chi connectivity index (χ1n) is 3.24. The molecule has 0 aliphatic heterocycles. The molecule has 1 heterocycles. The van der Waals surface area contributed by atoms with Crippen LogP contribution in [0.2, 0.25) is 0 Å². The van der Waals surface area contributed by atoms with E-state index in [0.29, 0.717) is 6.20 Å². The fourth-order valence-corrected chi connectivity index (χ4v) is 1.04. The van der Waals surface area contributed by atoms with E-state index in [9.17, 15) is 12.8 Å². The van der Waals surface area contributed by atoms with Crippen molar-refractivity contribution in [1.82, 2.24) is 9.97 Å². The van der Waals surface area contributed by atoms with Gasteiger partial charge in [0.2, 0.25) is 11.6 Å². The normalized spacial score (nSPS) is 10.6. The number of halogens is 1. The number of aromatic nitrogens is 2. The standard InChI is InChI=1S/C6H4FN3O3S/c1-14(11,12)13-6-4(2-8)10-5(7)3-9-6/h3H,1H3. The first-order valence-corrected chi connectivity index (χ1v) is 5.06. The minimum absolute atomic E-state index is 0.518. The van der Waals surface area contributed by atoms with E-state index in [2.05, 4.69) is 14.2 Å². The average Bonchev–Trinajstić information content (AvgIpc) is 2.06. The summed E-state index contributed by atoms with van der Waals surface area (Å²) in [4.78, 5) is 6.37. The summed E-state index contributed by atoms with van der Waals surface area (Å²) >= 11 is 0. The number of rotatable bonds is 2. The van der Waals surface area contributed by atoms with Gasteiger partial charge in [0.05, 0.1) is 12.5 Å². The summed E-state index contributed by atoms with van der Waals surface area (Å²) in [5.41, 5.74) is -0.518. The molecule has 0 spiro atoms. The van der Waals surface area contributed by atoms with Gasteiger partial charge in [0, 0.05) is 0 Å². The highest BCUT2D eigenvalue weighted by molar-refractivity contribution is 7.86.